The molecular formula is C42H28S3. The number of allylic oxidation sites excluding steroid dienone is 7. The van der Waals surface area contributed by atoms with Crippen LogP contribution in [0.4, 0.5) is 0 Å². The number of benzene rings is 5. The van der Waals surface area contributed by atoms with Crippen LogP contribution >= 0.6 is 34.9 Å². The van der Waals surface area contributed by atoms with Crippen LogP contribution in [-0.2, 0) is 0 Å². The summed E-state index contributed by atoms with van der Waals surface area (Å²) in [6.07, 6.45) is 12.9. The van der Waals surface area contributed by atoms with Crippen molar-refractivity contribution in [3.63, 3.8) is 0 Å². The van der Waals surface area contributed by atoms with Gasteiger partial charge in [0.05, 0.1) is 0 Å². The van der Waals surface area contributed by atoms with Crippen LogP contribution < -0.4 is 0 Å². The van der Waals surface area contributed by atoms with Crippen molar-refractivity contribution in [1.82, 2.24) is 0 Å². The van der Waals surface area contributed by atoms with Crippen LogP contribution in [0, 0.1) is 0 Å². The number of hydrogen-bond donors (Lipinski definition) is 0. The predicted octanol–water partition coefficient (Wildman–Crippen LogP) is 12.5. The normalized spacial score (nSPS) is 21.2. The van der Waals surface area contributed by atoms with Crippen LogP contribution in [0.1, 0.15) is 40.5 Å². The standard InChI is InChI=1S/C42H28S3/c1-4-19-37-31(10-1)34-16-7-13-28(40(34)43-37)25-22-26(29-14-8-17-35-32-11-2-5-20-38(32)44-41(29)35)24-27(23-25)30-15-9-18-36-33-12-3-6-21-39(33)45-42(30)36/h1-17,19-24,28,36,40H,18H2. The quantitative estimate of drug-likeness (QED) is 0.191. The molecule has 0 fully saturated rings. The summed E-state index contributed by atoms with van der Waals surface area (Å²) in [5, 5.41) is 3.09. The highest BCUT2D eigenvalue weighted by molar-refractivity contribution is 8.03. The van der Waals surface area contributed by atoms with E-state index in [0.29, 0.717) is 17.1 Å². The summed E-state index contributed by atoms with van der Waals surface area (Å²) >= 11 is 5.94. The van der Waals surface area contributed by atoms with Gasteiger partial charge in [-0.05, 0) is 75.2 Å². The first-order valence-electron chi connectivity index (χ1n) is 15.7. The molecule has 0 amide bonds. The third-order valence-corrected chi connectivity index (χ3v) is 13.7. The first-order valence-corrected chi connectivity index (χ1v) is 18.2. The molecule has 0 nitrogen and oxygen atoms in total. The lowest BCUT2D eigenvalue weighted by molar-refractivity contribution is 0.840. The van der Waals surface area contributed by atoms with Gasteiger partial charge in [0, 0.05) is 52.0 Å². The lowest BCUT2D eigenvalue weighted by Gasteiger charge is -2.26. The largest absolute Gasteiger partial charge is 0.135 e. The summed E-state index contributed by atoms with van der Waals surface area (Å²) in [5.74, 6) is 0.749. The van der Waals surface area contributed by atoms with E-state index < -0.39 is 0 Å². The first-order chi connectivity index (χ1) is 22.3. The second-order valence-electron chi connectivity index (χ2n) is 12.3. The number of fused-ring (bicyclic) bond motifs is 9. The molecule has 0 spiro atoms. The Morgan fingerprint density at radius 3 is 2.47 bits per heavy atom. The maximum absolute atomic E-state index is 2.51. The van der Waals surface area contributed by atoms with Gasteiger partial charge in [0.25, 0.3) is 0 Å². The van der Waals surface area contributed by atoms with Crippen molar-refractivity contribution in [2.45, 2.75) is 33.3 Å². The van der Waals surface area contributed by atoms with Crippen molar-refractivity contribution in [3.05, 3.63) is 167 Å². The lowest BCUT2D eigenvalue weighted by Crippen LogP contribution is -2.15. The SMILES string of the molecule is C1=CC(c2cc(C3=C4Sc5ccccc5C4CC=C3)cc(-c3cccc4c3sc3ccccc34)c2)C2Sc3ccccc3C2=C1. The molecule has 3 unspecified atom stereocenters. The van der Waals surface area contributed by atoms with Gasteiger partial charge in [0.1, 0.15) is 0 Å². The number of hydrogen-bond acceptors (Lipinski definition) is 3. The second-order valence-corrected chi connectivity index (χ2v) is 15.6. The maximum atomic E-state index is 2.51. The number of rotatable bonds is 3. The molecule has 10 rings (SSSR count). The van der Waals surface area contributed by atoms with Gasteiger partial charge in [-0.3, -0.25) is 0 Å². The van der Waals surface area contributed by atoms with Crippen molar-refractivity contribution in [2.24, 2.45) is 0 Å². The van der Waals surface area contributed by atoms with Gasteiger partial charge in [-0.1, -0.05) is 127 Å². The topological polar surface area (TPSA) is 0 Å². The van der Waals surface area contributed by atoms with Gasteiger partial charge in [-0.2, -0.15) is 0 Å². The molecule has 0 saturated heterocycles. The monoisotopic (exact) mass is 628 g/mol. The fourth-order valence-corrected chi connectivity index (χ4v) is 11.8. The molecule has 2 aliphatic heterocycles. The summed E-state index contributed by atoms with van der Waals surface area (Å²) in [6.45, 7) is 0. The van der Waals surface area contributed by atoms with Gasteiger partial charge < -0.3 is 0 Å². The maximum Gasteiger partial charge on any atom is 0.0454 e. The van der Waals surface area contributed by atoms with Crippen molar-refractivity contribution >= 4 is 66.2 Å². The average molecular weight is 629 g/mol. The summed E-state index contributed by atoms with van der Waals surface area (Å²) < 4.78 is 2.73. The van der Waals surface area contributed by atoms with E-state index in [0.717, 1.165) is 6.42 Å². The molecule has 3 heterocycles. The summed E-state index contributed by atoms with van der Waals surface area (Å²) in [6, 6.07) is 41.1. The molecular weight excluding hydrogens is 601 g/mol. The van der Waals surface area contributed by atoms with Crippen LogP contribution in [0.5, 0.6) is 0 Å². The highest BCUT2D eigenvalue weighted by atomic mass is 32.2. The van der Waals surface area contributed by atoms with Crippen molar-refractivity contribution < 1.29 is 0 Å². The zero-order chi connectivity index (χ0) is 29.5. The molecule has 3 atom stereocenters. The number of thiophene rings is 1. The van der Waals surface area contributed by atoms with Crippen LogP contribution in [-0.4, -0.2) is 5.25 Å². The van der Waals surface area contributed by atoms with Crippen LogP contribution in [0.25, 0.3) is 42.4 Å². The molecule has 1 aromatic heterocycles. The molecule has 4 aliphatic rings. The summed E-state index contributed by atoms with van der Waals surface area (Å²) in [5.41, 5.74) is 11.1. The summed E-state index contributed by atoms with van der Waals surface area (Å²) in [4.78, 5) is 4.32. The van der Waals surface area contributed by atoms with E-state index in [1.807, 2.05) is 34.9 Å². The molecule has 5 aromatic carbocycles. The Bertz CT molecular complexity index is 2330. The Hall–Kier alpha value is -4.02. The minimum atomic E-state index is 0.296. The number of thioether (sulfide) groups is 2. The van der Waals surface area contributed by atoms with Crippen LogP contribution in [0.15, 0.2) is 154 Å². The van der Waals surface area contributed by atoms with Gasteiger partial charge >= 0.3 is 0 Å². The van der Waals surface area contributed by atoms with E-state index in [4.69, 9.17) is 0 Å². The van der Waals surface area contributed by atoms with Gasteiger partial charge in [0.2, 0.25) is 0 Å². The molecule has 0 radical (unpaired) electrons. The van der Waals surface area contributed by atoms with Gasteiger partial charge in [-0.25, -0.2) is 0 Å². The molecule has 214 valence electrons. The zero-order valence-corrected chi connectivity index (χ0v) is 26.9. The summed E-state index contributed by atoms with van der Waals surface area (Å²) in [7, 11) is 0. The predicted molar refractivity (Wildman–Crippen MR) is 196 cm³/mol. The second kappa shape index (κ2) is 10.3. The minimum Gasteiger partial charge on any atom is -0.135 e. The molecule has 3 heteroatoms. The highest BCUT2D eigenvalue weighted by Crippen LogP contribution is 2.56. The van der Waals surface area contributed by atoms with E-state index in [9.17, 15) is 0 Å². The Balaban J connectivity index is 1.18. The Labute approximate surface area is 275 Å². The Morgan fingerprint density at radius 2 is 1.49 bits per heavy atom. The molecule has 45 heavy (non-hydrogen) atoms. The fraction of sp³-hybridized carbons (Fsp3) is 0.0952. The van der Waals surface area contributed by atoms with Gasteiger partial charge in [0.15, 0.2) is 0 Å². The van der Waals surface area contributed by atoms with Crippen LogP contribution in [0.2, 0.25) is 0 Å². The fourth-order valence-electron chi connectivity index (χ4n) is 7.72. The van der Waals surface area contributed by atoms with Crippen molar-refractivity contribution in [3.8, 4) is 11.1 Å². The van der Waals surface area contributed by atoms with Crippen molar-refractivity contribution in [2.75, 3.05) is 0 Å². The van der Waals surface area contributed by atoms with Gasteiger partial charge in [-0.15, -0.1) is 23.1 Å². The van der Waals surface area contributed by atoms with E-state index >= 15 is 0 Å². The van der Waals surface area contributed by atoms with E-state index in [1.165, 1.54) is 79.4 Å². The average Bonchev–Trinajstić information content (AvgIpc) is 3.79. The Morgan fingerprint density at radius 1 is 0.689 bits per heavy atom. The molecule has 0 saturated carbocycles. The zero-order valence-electron chi connectivity index (χ0n) is 24.4. The lowest BCUT2D eigenvalue weighted by atomic mass is 9.81. The third-order valence-electron chi connectivity index (χ3n) is 9.80. The highest BCUT2D eigenvalue weighted by Gasteiger charge is 2.36. The van der Waals surface area contributed by atoms with E-state index in [-0.39, 0.29) is 0 Å². The Kier molecular flexibility index (Phi) is 5.97. The molecule has 0 N–H and O–H groups in total. The van der Waals surface area contributed by atoms with Crippen LogP contribution in [0.3, 0.4) is 0 Å². The van der Waals surface area contributed by atoms with E-state index in [1.54, 1.807) is 0 Å². The third kappa shape index (κ3) is 4.07. The smallest absolute Gasteiger partial charge is 0.0454 e. The minimum absolute atomic E-state index is 0.296. The molecule has 6 aromatic rings. The first kappa shape index (κ1) is 26.2. The molecule has 2 aliphatic carbocycles. The van der Waals surface area contributed by atoms with E-state index in [2.05, 4.69) is 140 Å². The molecule has 0 bridgehead atoms. The van der Waals surface area contributed by atoms with Crippen molar-refractivity contribution in [1.29, 1.82) is 0 Å².